The number of Topliss-reactive ketones (excluding diaryl/α,β-unsaturated/α-hetero) is 1. The number of rotatable bonds is 21. The van der Waals surface area contributed by atoms with Crippen molar-refractivity contribution >= 4 is 103 Å². The first-order valence-corrected chi connectivity index (χ1v) is 35.3. The average molecular weight is 1720 g/mol. The predicted octanol–water partition coefficient (Wildman–Crippen LogP) is 6.09. The number of fused-ring (bicyclic) bond motifs is 4. The van der Waals surface area contributed by atoms with Crippen LogP contribution in [-0.2, 0) is 52.3 Å². The molecule has 0 aliphatic carbocycles. The first-order valence-electron chi connectivity index (χ1n) is 33.8. The minimum atomic E-state index is -1.60. The van der Waals surface area contributed by atoms with Gasteiger partial charge < -0.3 is 91.6 Å². The summed E-state index contributed by atoms with van der Waals surface area (Å²) in [4.78, 5) is 174. The third-order valence-corrected chi connectivity index (χ3v) is 18.4. The molecule has 0 bridgehead atoms. The quantitative estimate of drug-likeness (QED) is 0.0133. The Hall–Kier alpha value is -14.6. The van der Waals surface area contributed by atoms with Gasteiger partial charge in [-0.2, -0.15) is 0 Å². The van der Waals surface area contributed by atoms with E-state index in [2.05, 4.69) is 73.0 Å². The van der Waals surface area contributed by atoms with Crippen LogP contribution in [0.5, 0.6) is 46.8 Å². The number of H-pyrrole nitrogens is 4. The van der Waals surface area contributed by atoms with E-state index in [4.69, 9.17) is 64.7 Å². The highest BCUT2D eigenvalue weighted by Gasteiger charge is 2.44. The Morgan fingerprint density at radius 2 is 1.12 bits per heavy atom. The van der Waals surface area contributed by atoms with Crippen LogP contribution in [0.2, 0.25) is 5.02 Å². The molecule has 3 atom stereocenters. The number of nitrogens with zero attached hydrogens (tertiary/aromatic N) is 7. The Bertz CT molecular complexity index is 5920. The number of carbonyl (C=O) groups is 7. The lowest BCUT2D eigenvalue weighted by molar-refractivity contribution is -0.387. The molecule has 45 nitrogen and oxygen atoms in total. The van der Waals surface area contributed by atoms with Crippen LogP contribution in [0.4, 0.5) is 21.5 Å². The second-order valence-electron chi connectivity index (χ2n) is 25.6. The Kier molecular flexibility index (Phi) is 30.4. The Balaban J connectivity index is 0.000000215. The predicted molar refractivity (Wildman–Crippen MR) is 412 cm³/mol. The van der Waals surface area contributed by atoms with Crippen molar-refractivity contribution in [3.8, 4) is 58.0 Å². The normalized spacial score (nSPS) is 13.4. The number of nitrogens with two attached hydrogens (primary N) is 1. The minimum Gasteiger partial charge on any atom is -0.489 e. The number of nitro groups is 2. The zero-order valence-electron chi connectivity index (χ0n) is 65.7. The van der Waals surface area contributed by atoms with Crippen molar-refractivity contribution in [2.45, 2.75) is 69.8 Å². The zero-order chi connectivity index (χ0) is 89.3. The highest BCUT2D eigenvalue weighted by atomic mass is 35.5. The summed E-state index contributed by atoms with van der Waals surface area (Å²) in [6.45, 7) is 9.13. The van der Waals surface area contributed by atoms with Gasteiger partial charge in [-0.15, -0.1) is 0 Å². The van der Waals surface area contributed by atoms with Crippen LogP contribution in [0.3, 0.4) is 0 Å². The number of ether oxygens (including phenoxy) is 12. The number of halogens is 2. The largest absolute Gasteiger partial charge is 0.489 e. The molecule has 0 fully saturated rings. The van der Waals surface area contributed by atoms with Crippen molar-refractivity contribution in [3.63, 3.8) is 0 Å². The molecule has 1 aromatic carbocycles. The first kappa shape index (κ1) is 92.6. The fourth-order valence-electron chi connectivity index (χ4n) is 10.4. The number of hydrogen-bond donors (Lipinski definition) is 8. The third-order valence-electron chi connectivity index (χ3n) is 16.4. The molecule has 2 aliphatic rings. The topological polar surface area (TPSA) is 634 Å². The molecule has 3 unspecified atom stereocenters. The zero-order valence-corrected chi connectivity index (χ0v) is 67.3. The molecule has 12 rings (SSSR count). The molecule has 0 spiro atoms. The number of carboxylic acids is 1. The van der Waals surface area contributed by atoms with Crippen molar-refractivity contribution in [2.24, 2.45) is 0 Å². The van der Waals surface area contributed by atoms with Gasteiger partial charge in [-0.25, -0.2) is 71.8 Å². The number of oxazole rings is 2. The molecule has 0 amide bonds. The van der Waals surface area contributed by atoms with E-state index >= 15 is 0 Å². The summed E-state index contributed by atoms with van der Waals surface area (Å²) in [5.41, 5.74) is 2.77. The number of aliphatic hydroxyl groups is 1. The second-order valence-corrected chi connectivity index (χ2v) is 27.9. The highest BCUT2D eigenvalue weighted by Crippen LogP contribution is 2.46. The maximum Gasteiger partial charge on any atom is 0.417 e. The number of esters is 5. The number of carbonyl (C=O) groups excluding carboxylic acids is 6. The van der Waals surface area contributed by atoms with Crippen LogP contribution >= 0.6 is 11.6 Å². The lowest BCUT2D eigenvalue weighted by Gasteiger charge is -2.30. The van der Waals surface area contributed by atoms with Crippen LogP contribution in [0.25, 0.3) is 33.5 Å². The molecule has 120 heavy (non-hydrogen) atoms. The van der Waals surface area contributed by atoms with Crippen molar-refractivity contribution in [2.75, 3.05) is 83.4 Å². The molecule has 0 saturated heterocycles. The van der Waals surface area contributed by atoms with Gasteiger partial charge in [-0.05, 0) is 77.4 Å². The smallest absolute Gasteiger partial charge is 0.417 e. The molecule has 10 aromatic rings. The van der Waals surface area contributed by atoms with Gasteiger partial charge in [-0.1, -0.05) is 11.6 Å². The summed E-state index contributed by atoms with van der Waals surface area (Å²) in [5.74, 6) is -6.42. The molecule has 638 valence electrons. The van der Waals surface area contributed by atoms with E-state index in [-0.39, 0.29) is 134 Å². The summed E-state index contributed by atoms with van der Waals surface area (Å²) < 4.78 is 97.1. The van der Waals surface area contributed by atoms with Gasteiger partial charge in [0.15, 0.2) is 50.8 Å². The van der Waals surface area contributed by atoms with E-state index in [1.54, 1.807) is 25.1 Å². The SMILES string of the molecule is COC(=O)c1cc(=O)c(N)c(OC)[nH]1.COC(=O)c1cc(=O)c([N+](=O)[O-])c(OC)[nH]1.COC(=O)c1cc(Cl)c([N+](=O)[O-])c(OC)n1.COC(=O)c1cc2oc(=O)[nH]c2c(OC)n1.COc1nc(C(=O)CCC(C)(O)c2cc3c(c(-c4ccc(F)cc4)n2)OCC3(C)NS(=O)C(C)(C)C)cc2c1CC(=O)O2.COc1nc(C(=O)O)cc2oc(=O)[nH]c12. The number of carboxylic acid groups (broad SMARTS) is 1. The summed E-state index contributed by atoms with van der Waals surface area (Å²) in [7, 11) is 11.0. The number of ketones is 1. The minimum absolute atomic E-state index is 0.00329. The molecular weight excluding hydrogens is 1650 g/mol. The number of methoxy groups -OCH3 is 10. The third kappa shape index (κ3) is 21.9. The lowest BCUT2D eigenvalue weighted by atomic mass is 9.88. The highest BCUT2D eigenvalue weighted by molar-refractivity contribution is 7.84. The number of anilines is 1. The van der Waals surface area contributed by atoms with Gasteiger partial charge >= 0.3 is 58.7 Å². The van der Waals surface area contributed by atoms with Crippen molar-refractivity contribution in [1.29, 1.82) is 0 Å². The summed E-state index contributed by atoms with van der Waals surface area (Å²) >= 11 is 5.64. The van der Waals surface area contributed by atoms with E-state index in [0.29, 0.717) is 33.7 Å². The summed E-state index contributed by atoms with van der Waals surface area (Å²) in [6.07, 6.45) is -0.128. The van der Waals surface area contributed by atoms with Crippen LogP contribution in [0.15, 0.2) is 94.7 Å². The van der Waals surface area contributed by atoms with Crippen LogP contribution < -0.4 is 70.7 Å². The summed E-state index contributed by atoms with van der Waals surface area (Å²) in [5, 5.41) is 41.4. The second kappa shape index (κ2) is 39.4. The monoisotopic (exact) mass is 1720 g/mol. The number of aromatic amines is 4. The van der Waals surface area contributed by atoms with E-state index in [9.17, 15) is 86.7 Å². The first-order chi connectivity index (χ1) is 56.5. The van der Waals surface area contributed by atoms with Gasteiger partial charge in [0.25, 0.3) is 17.2 Å². The molecule has 48 heteroatoms. The maximum absolute atomic E-state index is 13.8. The standard InChI is InChI=1S/C31H34FN3O7S.C9H8N2O5.C8H7ClN2O5.C8H8N2O6.C8H6N2O5.C8H10N2O4/c1-29(2,3)43(39)35-30(4)16-41-27-20(30)14-24(34-26(27)17-7-9-18(32)10-8-17)31(5,38)12-11-22(36)21-15-23-19(13-25(37)42-23)28(33-21)40-6;1-14-7-6-5(16-9(13)11-6)3-4(10-7)8(12)15-2;1-15-7-6(11(13)14)4(9)3-5(10-7)8(12)16-2;1-15-7-6(10(13)14)5(11)3-4(9-7)8(12)16-2;1-14-6-5-4(15-8(13)10-5)2-3(9-6)7(11)12;1-13-7-6(9)5(11)3-4(10-7)8(12)14-2/h7-10,14-15,35,38H,11-13,16H2,1-6H3;3H,1-2H3,(H,11,13);3H,1-2H3;3H,1-2H3,(H,9,11);2H,1H3,(H,10,13)(H,11,12);3H,9H2,1-2H3,(H,10,11). The number of nitrogens with one attached hydrogen (secondary N) is 5. The van der Waals surface area contributed by atoms with E-state index in [0.717, 1.165) is 45.6 Å². The molecular formula is C72H73ClFN13O32S. The Morgan fingerprint density at radius 1 is 0.633 bits per heavy atom. The van der Waals surface area contributed by atoms with Crippen LogP contribution in [0.1, 0.15) is 127 Å². The van der Waals surface area contributed by atoms with Crippen LogP contribution in [-0.4, -0.2) is 193 Å². The number of hydrogen-bond acceptors (Lipinski definition) is 37. The Morgan fingerprint density at radius 3 is 1.61 bits per heavy atom. The number of aromatic nitrogens is 9. The van der Waals surface area contributed by atoms with E-state index < -0.39 is 118 Å². The number of benzene rings is 1. The lowest BCUT2D eigenvalue weighted by Crippen LogP contribution is -2.47. The molecule has 11 heterocycles. The number of aromatic carboxylic acids is 1. The van der Waals surface area contributed by atoms with Gasteiger partial charge in [0.05, 0.1) is 120 Å². The molecule has 9 aromatic heterocycles. The van der Waals surface area contributed by atoms with Crippen molar-refractivity contribution < 1.29 is 128 Å². The van der Waals surface area contributed by atoms with Crippen LogP contribution in [0, 0.1) is 26.0 Å². The molecule has 0 radical (unpaired) electrons. The van der Waals surface area contributed by atoms with E-state index in [1.807, 2.05) is 27.7 Å². The molecule has 2 aliphatic heterocycles. The average Bonchev–Trinajstić information content (AvgIpc) is 1.58. The van der Waals surface area contributed by atoms with Gasteiger partial charge in [0.1, 0.15) is 57.3 Å². The van der Waals surface area contributed by atoms with Gasteiger partial charge in [0.2, 0.25) is 28.9 Å². The van der Waals surface area contributed by atoms with Crippen molar-refractivity contribution in [1.82, 2.24) is 49.6 Å². The fourth-order valence-corrected chi connectivity index (χ4v) is 11.5. The number of pyridine rings is 7. The van der Waals surface area contributed by atoms with Gasteiger partial charge in [-0.3, -0.25) is 49.4 Å². The van der Waals surface area contributed by atoms with E-state index in [1.165, 1.54) is 74.0 Å². The maximum atomic E-state index is 13.8. The Labute approximate surface area is 679 Å². The number of nitrogen functional groups attached to an aromatic ring is 1. The fraction of sp³-hybridized carbons (Fsp3) is 0.306. The molecule has 0 saturated carbocycles. The van der Waals surface area contributed by atoms with Gasteiger partial charge in [0, 0.05) is 47.9 Å². The van der Waals surface area contributed by atoms with Crippen molar-refractivity contribution in [3.05, 3.63) is 190 Å². The molecule has 9 N–H and O–H groups in total. The summed E-state index contributed by atoms with van der Waals surface area (Å²) in [6, 6.07) is 14.2.